The number of fused-ring (bicyclic) bond motifs is 1. The van der Waals surface area contributed by atoms with Crippen LogP contribution in [0.15, 0.2) is 31.8 Å². The van der Waals surface area contributed by atoms with Gasteiger partial charge in [-0.25, -0.2) is 9.97 Å². The summed E-state index contributed by atoms with van der Waals surface area (Å²) in [5.74, 6) is 0.977. The molecule has 0 atom stereocenters. The van der Waals surface area contributed by atoms with E-state index in [1.54, 1.807) is 12.1 Å². The maximum Gasteiger partial charge on any atom is 0.232 e. The Bertz CT molecular complexity index is 707. The first kappa shape index (κ1) is 11.1. The molecule has 0 radical (unpaired) electrons. The van der Waals surface area contributed by atoms with Crippen molar-refractivity contribution in [3.8, 4) is 11.5 Å². The highest BCUT2D eigenvalue weighted by Crippen LogP contribution is 2.40. The van der Waals surface area contributed by atoms with E-state index in [0.29, 0.717) is 32.2 Å². The molecule has 0 saturated heterocycles. The minimum atomic E-state index is 0.282. The van der Waals surface area contributed by atoms with Crippen molar-refractivity contribution in [2.24, 2.45) is 0 Å². The molecular formula is C10H3BrCl2N2O2. The van der Waals surface area contributed by atoms with Crippen molar-refractivity contribution in [1.29, 1.82) is 0 Å². The van der Waals surface area contributed by atoms with Gasteiger partial charge in [0.05, 0.1) is 9.86 Å². The van der Waals surface area contributed by atoms with Gasteiger partial charge in [-0.2, -0.15) is 0 Å². The van der Waals surface area contributed by atoms with Gasteiger partial charge >= 0.3 is 0 Å². The number of aromatic nitrogens is 2. The zero-order valence-corrected chi connectivity index (χ0v) is 11.2. The van der Waals surface area contributed by atoms with Crippen LogP contribution in [0.3, 0.4) is 0 Å². The van der Waals surface area contributed by atoms with Gasteiger partial charge in [-0.3, -0.25) is 0 Å². The summed E-state index contributed by atoms with van der Waals surface area (Å²) in [5, 5.41) is 1.20. The summed E-state index contributed by atoms with van der Waals surface area (Å²) in [6, 6.07) is 3.33. The standard InChI is InChI=1S/C10H3BrCl2N2O2/c11-7-6-9(13)14-3-15-10(6)17-8(7)4-1-2-5(12)16-4/h1-3H. The van der Waals surface area contributed by atoms with Gasteiger partial charge in [0.2, 0.25) is 5.71 Å². The van der Waals surface area contributed by atoms with Gasteiger partial charge < -0.3 is 8.83 Å². The molecule has 0 fully saturated rings. The summed E-state index contributed by atoms with van der Waals surface area (Å²) in [4.78, 5) is 7.88. The van der Waals surface area contributed by atoms with Gasteiger partial charge in [-0.15, -0.1) is 0 Å². The van der Waals surface area contributed by atoms with E-state index in [0.717, 1.165) is 0 Å². The van der Waals surface area contributed by atoms with Crippen molar-refractivity contribution < 1.29 is 8.83 Å². The summed E-state index contributed by atoms with van der Waals surface area (Å²) < 4.78 is 11.5. The van der Waals surface area contributed by atoms with Crippen LogP contribution < -0.4 is 0 Å². The highest BCUT2D eigenvalue weighted by Gasteiger charge is 2.20. The van der Waals surface area contributed by atoms with Gasteiger partial charge in [0.15, 0.2) is 16.7 Å². The van der Waals surface area contributed by atoms with Crippen molar-refractivity contribution in [2.75, 3.05) is 0 Å². The second-order valence-electron chi connectivity index (χ2n) is 3.19. The van der Waals surface area contributed by atoms with E-state index in [1.165, 1.54) is 6.33 Å². The highest BCUT2D eigenvalue weighted by molar-refractivity contribution is 9.10. The number of rotatable bonds is 1. The van der Waals surface area contributed by atoms with Crippen molar-refractivity contribution in [2.45, 2.75) is 0 Å². The van der Waals surface area contributed by atoms with Crippen LogP contribution in [-0.2, 0) is 0 Å². The number of halogens is 3. The largest absolute Gasteiger partial charge is 0.441 e. The highest BCUT2D eigenvalue weighted by atomic mass is 79.9. The summed E-state index contributed by atoms with van der Waals surface area (Å²) in [5.41, 5.74) is 0.388. The predicted octanol–water partition coefficient (Wildman–Crippen LogP) is 4.55. The number of hydrogen-bond donors (Lipinski definition) is 0. The van der Waals surface area contributed by atoms with E-state index in [9.17, 15) is 0 Å². The van der Waals surface area contributed by atoms with Crippen LogP contribution in [0.1, 0.15) is 0 Å². The fourth-order valence-corrected chi connectivity index (χ4v) is 2.57. The molecule has 0 saturated carbocycles. The molecule has 3 rings (SSSR count). The predicted molar refractivity (Wildman–Crippen MR) is 67.2 cm³/mol. The Kier molecular flexibility index (Phi) is 2.61. The Morgan fingerprint density at radius 3 is 2.59 bits per heavy atom. The van der Waals surface area contributed by atoms with Crippen LogP contribution in [0.25, 0.3) is 22.6 Å². The summed E-state index contributed by atoms with van der Waals surface area (Å²) in [6.07, 6.45) is 1.33. The Morgan fingerprint density at radius 1 is 1.12 bits per heavy atom. The molecule has 0 aliphatic rings. The third kappa shape index (κ3) is 1.74. The quantitative estimate of drug-likeness (QED) is 0.613. The average Bonchev–Trinajstić information content (AvgIpc) is 2.84. The van der Waals surface area contributed by atoms with Gasteiger partial charge in [0.1, 0.15) is 11.5 Å². The Morgan fingerprint density at radius 2 is 1.94 bits per heavy atom. The monoisotopic (exact) mass is 332 g/mol. The van der Waals surface area contributed by atoms with E-state index >= 15 is 0 Å². The zero-order valence-electron chi connectivity index (χ0n) is 8.08. The topological polar surface area (TPSA) is 52.1 Å². The lowest BCUT2D eigenvalue weighted by Gasteiger charge is -1.90. The Labute approximate surface area is 114 Å². The third-order valence-electron chi connectivity index (χ3n) is 2.18. The first-order chi connectivity index (χ1) is 8.16. The van der Waals surface area contributed by atoms with Gasteiger partial charge in [-0.05, 0) is 39.7 Å². The second-order valence-corrected chi connectivity index (χ2v) is 4.72. The van der Waals surface area contributed by atoms with E-state index in [2.05, 4.69) is 25.9 Å². The number of hydrogen-bond acceptors (Lipinski definition) is 4. The Hall–Kier alpha value is -1.04. The Balaban J connectivity index is 2.32. The molecule has 0 bridgehead atoms. The molecule has 0 aromatic carbocycles. The molecule has 0 spiro atoms. The molecule has 3 aromatic rings. The smallest absolute Gasteiger partial charge is 0.232 e. The molecule has 0 amide bonds. The lowest BCUT2D eigenvalue weighted by molar-refractivity contribution is 0.539. The molecule has 0 aliphatic carbocycles. The van der Waals surface area contributed by atoms with Crippen molar-refractivity contribution in [3.05, 3.63) is 33.3 Å². The maximum atomic E-state index is 5.97. The molecule has 0 aliphatic heterocycles. The first-order valence-corrected chi connectivity index (χ1v) is 6.06. The molecule has 4 nitrogen and oxygen atoms in total. The van der Waals surface area contributed by atoms with Crippen molar-refractivity contribution in [3.63, 3.8) is 0 Å². The fraction of sp³-hybridized carbons (Fsp3) is 0. The molecule has 0 unspecified atom stereocenters. The first-order valence-electron chi connectivity index (χ1n) is 4.51. The van der Waals surface area contributed by atoms with Crippen LogP contribution in [0.5, 0.6) is 0 Å². The van der Waals surface area contributed by atoms with Crippen molar-refractivity contribution >= 4 is 50.2 Å². The van der Waals surface area contributed by atoms with Crippen LogP contribution in [0.4, 0.5) is 0 Å². The molecule has 3 heterocycles. The lowest BCUT2D eigenvalue weighted by atomic mass is 10.3. The molecular weight excluding hydrogens is 331 g/mol. The van der Waals surface area contributed by atoms with Gasteiger partial charge in [-0.1, -0.05) is 11.6 Å². The van der Waals surface area contributed by atoms with Crippen LogP contribution >= 0.6 is 39.1 Å². The second kappa shape index (κ2) is 4.01. The lowest BCUT2D eigenvalue weighted by Crippen LogP contribution is -1.78. The normalized spacial score (nSPS) is 11.2. The summed E-state index contributed by atoms with van der Waals surface area (Å²) >= 11 is 15.1. The fourth-order valence-electron chi connectivity index (χ4n) is 1.46. The van der Waals surface area contributed by atoms with Gasteiger partial charge in [0, 0.05) is 0 Å². The maximum absolute atomic E-state index is 5.97. The molecule has 0 N–H and O–H groups in total. The minimum Gasteiger partial charge on any atom is -0.441 e. The van der Waals surface area contributed by atoms with Crippen LogP contribution in [0, 0.1) is 0 Å². The average molecular weight is 334 g/mol. The third-order valence-corrected chi connectivity index (χ3v) is 3.43. The zero-order chi connectivity index (χ0) is 12.0. The molecule has 17 heavy (non-hydrogen) atoms. The van der Waals surface area contributed by atoms with E-state index < -0.39 is 0 Å². The molecule has 7 heteroatoms. The van der Waals surface area contributed by atoms with Crippen LogP contribution in [0.2, 0.25) is 10.4 Å². The van der Waals surface area contributed by atoms with E-state index in [-0.39, 0.29) is 5.22 Å². The number of furan rings is 2. The van der Waals surface area contributed by atoms with Crippen LogP contribution in [-0.4, -0.2) is 9.97 Å². The van der Waals surface area contributed by atoms with E-state index in [4.69, 9.17) is 32.0 Å². The van der Waals surface area contributed by atoms with Gasteiger partial charge in [0.25, 0.3) is 0 Å². The number of nitrogens with zero attached hydrogens (tertiary/aromatic N) is 2. The minimum absolute atomic E-state index is 0.282. The summed E-state index contributed by atoms with van der Waals surface area (Å²) in [6.45, 7) is 0. The van der Waals surface area contributed by atoms with Crippen molar-refractivity contribution in [1.82, 2.24) is 9.97 Å². The van der Waals surface area contributed by atoms with E-state index in [1.807, 2.05) is 0 Å². The molecule has 3 aromatic heterocycles. The SMILES string of the molecule is Clc1ccc(-c2oc3ncnc(Cl)c3c2Br)o1. The molecule has 86 valence electrons. The summed E-state index contributed by atoms with van der Waals surface area (Å²) in [7, 11) is 0.